The number of carboxylic acid groups (broad SMARTS) is 1. The van der Waals surface area contributed by atoms with Crippen LogP contribution in [0.2, 0.25) is 0 Å². The number of likely N-dealkylation sites (tertiary alicyclic amines) is 2. The van der Waals surface area contributed by atoms with Gasteiger partial charge in [0, 0.05) is 19.6 Å². The summed E-state index contributed by atoms with van der Waals surface area (Å²) in [7, 11) is 0. The molecule has 142 valence electrons. The summed E-state index contributed by atoms with van der Waals surface area (Å²) in [6.07, 6.45) is 1.43. The molecule has 2 amide bonds. The number of carbonyl (C=O) groups excluding carboxylic acids is 2. The lowest BCUT2D eigenvalue weighted by atomic mass is 9.77. The maximum Gasteiger partial charge on any atom is 0.410 e. The number of amides is 2. The first-order chi connectivity index (χ1) is 11.5. The number of piperidine rings is 1. The molecule has 1 unspecified atom stereocenters. The summed E-state index contributed by atoms with van der Waals surface area (Å²) in [5.41, 5.74) is -1.07. The number of rotatable bonds is 3. The number of nitrogens with zero attached hydrogens (tertiary/aromatic N) is 2. The maximum absolute atomic E-state index is 13.0. The van der Waals surface area contributed by atoms with Gasteiger partial charge in [-0.3, -0.25) is 4.79 Å². The molecule has 1 N–H and O–H groups in total. The van der Waals surface area contributed by atoms with Gasteiger partial charge in [0.1, 0.15) is 11.6 Å². The van der Waals surface area contributed by atoms with E-state index in [1.54, 1.807) is 4.90 Å². The normalized spacial score (nSPS) is 21.8. The minimum Gasteiger partial charge on any atom is -0.480 e. The van der Waals surface area contributed by atoms with Gasteiger partial charge >= 0.3 is 12.1 Å². The number of hydrogen-bond donors (Lipinski definition) is 1. The molecule has 0 aromatic rings. The number of carbonyl (C=O) groups is 3. The monoisotopic (exact) mass is 354 g/mol. The van der Waals surface area contributed by atoms with Crippen molar-refractivity contribution in [1.29, 1.82) is 0 Å². The van der Waals surface area contributed by atoms with Crippen molar-refractivity contribution in [2.75, 3.05) is 19.6 Å². The minimum atomic E-state index is -0.952. The van der Waals surface area contributed by atoms with Gasteiger partial charge in [-0.25, -0.2) is 9.59 Å². The lowest BCUT2D eigenvalue weighted by Crippen LogP contribution is -2.51. The van der Waals surface area contributed by atoms with Crippen molar-refractivity contribution in [3.63, 3.8) is 0 Å². The summed E-state index contributed by atoms with van der Waals surface area (Å²) < 4.78 is 5.39. The summed E-state index contributed by atoms with van der Waals surface area (Å²) in [6, 6.07) is -0.782. The van der Waals surface area contributed by atoms with Gasteiger partial charge < -0.3 is 19.6 Å². The van der Waals surface area contributed by atoms with Crippen molar-refractivity contribution in [3.05, 3.63) is 0 Å². The van der Waals surface area contributed by atoms with E-state index in [4.69, 9.17) is 4.74 Å². The van der Waals surface area contributed by atoms with Gasteiger partial charge in [-0.05, 0) is 46.0 Å². The lowest BCUT2D eigenvalue weighted by molar-refractivity contribution is -0.153. The van der Waals surface area contributed by atoms with Crippen molar-refractivity contribution in [3.8, 4) is 0 Å². The Morgan fingerprint density at radius 1 is 1.12 bits per heavy atom. The van der Waals surface area contributed by atoms with E-state index >= 15 is 0 Å². The average molecular weight is 354 g/mol. The van der Waals surface area contributed by atoms with Gasteiger partial charge in [0.25, 0.3) is 0 Å². The Balaban J connectivity index is 2.03. The van der Waals surface area contributed by atoms with E-state index in [-0.39, 0.29) is 17.9 Å². The van der Waals surface area contributed by atoms with Crippen LogP contribution in [0, 0.1) is 11.3 Å². The van der Waals surface area contributed by atoms with Crippen LogP contribution in [-0.4, -0.2) is 64.2 Å². The molecular formula is C18H30N2O5. The van der Waals surface area contributed by atoms with Gasteiger partial charge in [0.05, 0.1) is 5.41 Å². The predicted octanol–water partition coefficient (Wildman–Crippen LogP) is 2.35. The first-order valence-corrected chi connectivity index (χ1v) is 8.99. The van der Waals surface area contributed by atoms with Crippen LogP contribution in [-0.2, 0) is 14.3 Å². The molecule has 1 spiro atoms. The van der Waals surface area contributed by atoms with E-state index < -0.39 is 23.0 Å². The molecule has 7 heteroatoms. The van der Waals surface area contributed by atoms with Crippen molar-refractivity contribution in [2.45, 2.75) is 65.5 Å². The summed E-state index contributed by atoms with van der Waals surface area (Å²) in [5.74, 6) is -1.16. The quantitative estimate of drug-likeness (QED) is 0.840. The second-order valence-electron chi connectivity index (χ2n) is 8.52. The van der Waals surface area contributed by atoms with Crippen molar-refractivity contribution in [2.24, 2.45) is 11.3 Å². The number of hydrogen-bond acceptors (Lipinski definition) is 4. The largest absolute Gasteiger partial charge is 0.480 e. The molecule has 0 radical (unpaired) electrons. The van der Waals surface area contributed by atoms with Gasteiger partial charge in [0.2, 0.25) is 5.91 Å². The number of carboxylic acids is 1. The van der Waals surface area contributed by atoms with Crippen LogP contribution in [0.1, 0.15) is 53.9 Å². The van der Waals surface area contributed by atoms with E-state index in [0.717, 1.165) is 0 Å². The molecule has 2 aliphatic rings. The Kier molecular flexibility index (Phi) is 5.35. The first kappa shape index (κ1) is 19.5. The molecule has 0 saturated carbocycles. The third-order valence-corrected chi connectivity index (χ3v) is 5.14. The Hall–Kier alpha value is -1.79. The van der Waals surface area contributed by atoms with Crippen LogP contribution >= 0.6 is 0 Å². The van der Waals surface area contributed by atoms with Gasteiger partial charge in [-0.15, -0.1) is 0 Å². The van der Waals surface area contributed by atoms with Crippen molar-refractivity contribution >= 4 is 18.0 Å². The Labute approximate surface area is 149 Å². The van der Waals surface area contributed by atoms with Crippen LogP contribution in [0.4, 0.5) is 4.79 Å². The zero-order valence-corrected chi connectivity index (χ0v) is 15.9. The van der Waals surface area contributed by atoms with Gasteiger partial charge in [-0.1, -0.05) is 13.8 Å². The topological polar surface area (TPSA) is 87.2 Å². The molecule has 0 bridgehead atoms. The maximum atomic E-state index is 13.0. The first-order valence-electron chi connectivity index (χ1n) is 8.99. The second kappa shape index (κ2) is 6.84. The smallest absolute Gasteiger partial charge is 0.410 e. The van der Waals surface area contributed by atoms with Crippen LogP contribution < -0.4 is 0 Å². The van der Waals surface area contributed by atoms with Crippen LogP contribution in [0.5, 0.6) is 0 Å². The molecule has 0 aliphatic carbocycles. The summed E-state index contributed by atoms with van der Waals surface area (Å²) in [5, 5.41) is 9.47. The van der Waals surface area contributed by atoms with Gasteiger partial charge in [0.15, 0.2) is 0 Å². The zero-order chi connectivity index (χ0) is 19.0. The molecule has 2 fully saturated rings. The lowest BCUT2D eigenvalue weighted by Gasteiger charge is -2.39. The predicted molar refractivity (Wildman–Crippen MR) is 92.1 cm³/mol. The highest BCUT2D eigenvalue weighted by atomic mass is 16.6. The third-order valence-electron chi connectivity index (χ3n) is 5.14. The highest BCUT2D eigenvalue weighted by molar-refractivity contribution is 5.89. The minimum absolute atomic E-state index is 0.0718. The SMILES string of the molecule is CC(C)C(C(=O)O)N1CCC2(CCN(C(=O)OC(C)(C)C)CC2)C1=O. The fourth-order valence-corrected chi connectivity index (χ4v) is 3.80. The fourth-order valence-electron chi connectivity index (χ4n) is 3.80. The summed E-state index contributed by atoms with van der Waals surface area (Å²) in [6.45, 7) is 10.5. The highest BCUT2D eigenvalue weighted by Gasteiger charge is 2.51. The fraction of sp³-hybridized carbons (Fsp3) is 0.833. The van der Waals surface area contributed by atoms with E-state index in [0.29, 0.717) is 38.9 Å². The Morgan fingerprint density at radius 3 is 2.08 bits per heavy atom. The summed E-state index contributed by atoms with van der Waals surface area (Å²) in [4.78, 5) is 39.9. The molecule has 25 heavy (non-hydrogen) atoms. The molecule has 2 aliphatic heterocycles. The van der Waals surface area contributed by atoms with E-state index in [9.17, 15) is 19.5 Å². The molecule has 2 heterocycles. The van der Waals surface area contributed by atoms with E-state index in [1.165, 1.54) is 4.90 Å². The molecule has 2 saturated heterocycles. The van der Waals surface area contributed by atoms with Gasteiger partial charge in [-0.2, -0.15) is 0 Å². The van der Waals surface area contributed by atoms with E-state index in [2.05, 4.69) is 0 Å². The molecule has 2 rings (SSSR count). The van der Waals surface area contributed by atoms with Crippen molar-refractivity contribution in [1.82, 2.24) is 9.80 Å². The average Bonchev–Trinajstić information content (AvgIpc) is 2.75. The number of ether oxygens (including phenoxy) is 1. The Bertz CT molecular complexity index is 544. The molecular weight excluding hydrogens is 324 g/mol. The zero-order valence-electron chi connectivity index (χ0n) is 15.9. The molecule has 0 aromatic carbocycles. The Morgan fingerprint density at radius 2 is 1.64 bits per heavy atom. The molecule has 7 nitrogen and oxygen atoms in total. The number of aliphatic carboxylic acids is 1. The standard InChI is InChI=1S/C18H30N2O5/c1-12(2)13(14(21)22)20-11-8-18(15(20)23)6-9-19(10-7-18)16(24)25-17(3,4)5/h12-13H,6-11H2,1-5H3,(H,21,22). The van der Waals surface area contributed by atoms with E-state index in [1.807, 2.05) is 34.6 Å². The van der Waals surface area contributed by atoms with Crippen LogP contribution in [0.15, 0.2) is 0 Å². The second-order valence-corrected chi connectivity index (χ2v) is 8.52. The molecule has 1 atom stereocenters. The van der Waals surface area contributed by atoms with Crippen LogP contribution in [0.25, 0.3) is 0 Å². The van der Waals surface area contributed by atoms with Crippen molar-refractivity contribution < 1.29 is 24.2 Å². The van der Waals surface area contributed by atoms with Crippen LogP contribution in [0.3, 0.4) is 0 Å². The third kappa shape index (κ3) is 4.07. The molecule has 0 aromatic heterocycles. The summed E-state index contributed by atoms with van der Waals surface area (Å²) >= 11 is 0. The highest BCUT2D eigenvalue weighted by Crippen LogP contribution is 2.43.